The van der Waals surface area contributed by atoms with E-state index < -0.39 is 6.04 Å². The number of nitrogens with two attached hydrogens (primary N) is 1. The topological polar surface area (TPSA) is 64.2 Å². The first-order chi connectivity index (χ1) is 8.58. The summed E-state index contributed by atoms with van der Waals surface area (Å²) in [5, 5.41) is 2.95. The van der Waals surface area contributed by atoms with Crippen molar-refractivity contribution in [3.63, 3.8) is 0 Å². The van der Waals surface area contributed by atoms with Gasteiger partial charge in [0.1, 0.15) is 11.9 Å². The van der Waals surface area contributed by atoms with Gasteiger partial charge in [-0.3, -0.25) is 0 Å². The van der Waals surface area contributed by atoms with Crippen molar-refractivity contribution >= 4 is 17.3 Å². The second-order valence-electron chi connectivity index (χ2n) is 3.70. The molecule has 0 saturated carbocycles. The molecule has 0 amide bonds. The van der Waals surface area contributed by atoms with Crippen LogP contribution in [-0.2, 0) is 14.4 Å². The summed E-state index contributed by atoms with van der Waals surface area (Å²) in [5.74, 6) is -0.724. The number of esters is 1. The van der Waals surface area contributed by atoms with Crippen molar-refractivity contribution in [1.82, 2.24) is 0 Å². The van der Waals surface area contributed by atoms with Crippen molar-refractivity contribution in [3.05, 3.63) is 24.0 Å². The minimum atomic E-state index is -0.514. The number of hydrogen-bond acceptors (Lipinski definition) is 4. The molecule has 0 heterocycles. The Kier molecular flexibility index (Phi) is 5.54. The number of benzene rings is 1. The zero-order valence-corrected chi connectivity index (χ0v) is 10.7. The Morgan fingerprint density at radius 3 is 2.89 bits per heavy atom. The van der Waals surface area contributed by atoms with Crippen LogP contribution in [0.5, 0.6) is 0 Å². The second-order valence-corrected chi connectivity index (χ2v) is 3.70. The van der Waals surface area contributed by atoms with Crippen molar-refractivity contribution in [1.29, 1.82) is 0 Å². The van der Waals surface area contributed by atoms with Crippen LogP contribution in [0.2, 0.25) is 0 Å². The molecule has 0 aliphatic rings. The van der Waals surface area contributed by atoms with E-state index in [9.17, 15) is 9.18 Å². The van der Waals surface area contributed by atoms with Gasteiger partial charge < -0.3 is 10.1 Å². The maximum absolute atomic E-state index is 13.1. The first-order valence-electron chi connectivity index (χ1n) is 5.67. The molecule has 100 valence electrons. The lowest BCUT2D eigenvalue weighted by atomic mass is 10.2. The van der Waals surface area contributed by atoms with Crippen LogP contribution in [0.4, 0.5) is 15.8 Å². The van der Waals surface area contributed by atoms with Crippen molar-refractivity contribution in [2.24, 2.45) is 0 Å². The molecule has 18 heavy (non-hydrogen) atoms. The number of anilines is 1. The molecule has 1 atom stereocenters. The average molecular weight is 257 g/mol. The SMILES string of the molecule is CCOC(=O)C(C)Nc1ccc(F)cc1[NH2+]OC. The summed E-state index contributed by atoms with van der Waals surface area (Å²) in [6.45, 7) is 3.75. The van der Waals surface area contributed by atoms with E-state index in [-0.39, 0.29) is 11.8 Å². The Bertz CT molecular complexity index is 412. The lowest BCUT2D eigenvalue weighted by Gasteiger charge is -2.14. The Balaban J connectivity index is 2.79. The third-order valence-corrected chi connectivity index (χ3v) is 2.27. The molecule has 0 radical (unpaired) electrons. The Labute approximate surface area is 105 Å². The molecule has 0 bridgehead atoms. The molecule has 3 N–H and O–H groups in total. The molecular formula is C12H18FN2O3+. The van der Waals surface area contributed by atoms with Crippen LogP contribution in [-0.4, -0.2) is 25.7 Å². The molecule has 0 aliphatic heterocycles. The van der Waals surface area contributed by atoms with E-state index in [1.165, 1.54) is 24.7 Å². The molecule has 1 aromatic carbocycles. The normalized spacial score (nSPS) is 12.0. The van der Waals surface area contributed by atoms with E-state index in [4.69, 9.17) is 9.57 Å². The maximum Gasteiger partial charge on any atom is 0.328 e. The lowest BCUT2D eigenvalue weighted by molar-refractivity contribution is -0.829. The average Bonchev–Trinajstić information content (AvgIpc) is 2.33. The summed E-state index contributed by atoms with van der Waals surface area (Å²) < 4.78 is 18.0. The van der Waals surface area contributed by atoms with Gasteiger partial charge in [0.2, 0.25) is 0 Å². The largest absolute Gasteiger partial charge is 0.464 e. The Hall–Kier alpha value is -1.66. The fourth-order valence-electron chi connectivity index (χ4n) is 1.45. The second kappa shape index (κ2) is 6.93. The van der Waals surface area contributed by atoms with Crippen molar-refractivity contribution < 1.29 is 24.2 Å². The summed E-state index contributed by atoms with van der Waals surface area (Å²) in [7, 11) is 1.48. The smallest absolute Gasteiger partial charge is 0.328 e. The van der Waals surface area contributed by atoms with Gasteiger partial charge >= 0.3 is 5.97 Å². The summed E-state index contributed by atoms with van der Waals surface area (Å²) >= 11 is 0. The first kappa shape index (κ1) is 14.4. The molecule has 0 aliphatic carbocycles. The Morgan fingerprint density at radius 2 is 2.28 bits per heavy atom. The monoisotopic (exact) mass is 257 g/mol. The molecule has 5 nitrogen and oxygen atoms in total. The van der Waals surface area contributed by atoms with Gasteiger partial charge in [0.25, 0.3) is 0 Å². The first-order valence-corrected chi connectivity index (χ1v) is 5.67. The molecule has 0 aromatic heterocycles. The van der Waals surface area contributed by atoms with E-state index in [2.05, 4.69) is 5.32 Å². The van der Waals surface area contributed by atoms with Gasteiger partial charge in [-0.15, -0.1) is 0 Å². The minimum Gasteiger partial charge on any atom is -0.464 e. The number of halogens is 1. The van der Waals surface area contributed by atoms with Gasteiger partial charge in [0, 0.05) is 6.07 Å². The van der Waals surface area contributed by atoms with Gasteiger partial charge in [-0.25, -0.2) is 14.0 Å². The maximum atomic E-state index is 13.1. The van der Waals surface area contributed by atoms with Gasteiger partial charge in [-0.1, -0.05) is 0 Å². The number of carbonyl (C=O) groups excluding carboxylic acids is 1. The molecule has 0 fully saturated rings. The number of quaternary nitrogens is 1. The number of ether oxygens (including phenoxy) is 1. The molecule has 0 spiro atoms. The summed E-state index contributed by atoms with van der Waals surface area (Å²) in [5.41, 5.74) is 2.55. The van der Waals surface area contributed by atoms with Gasteiger partial charge in [-0.2, -0.15) is 5.48 Å². The van der Waals surface area contributed by atoms with Crippen LogP contribution in [0.15, 0.2) is 18.2 Å². The van der Waals surface area contributed by atoms with E-state index >= 15 is 0 Å². The quantitative estimate of drug-likeness (QED) is 0.452. The van der Waals surface area contributed by atoms with Crippen LogP contribution in [0.1, 0.15) is 13.8 Å². The van der Waals surface area contributed by atoms with Crippen molar-refractivity contribution in [2.75, 3.05) is 19.0 Å². The molecule has 1 unspecified atom stereocenters. The minimum absolute atomic E-state index is 0.325. The predicted octanol–water partition coefficient (Wildman–Crippen LogP) is 0.946. The third-order valence-electron chi connectivity index (χ3n) is 2.27. The van der Waals surface area contributed by atoms with Crippen LogP contribution >= 0.6 is 0 Å². The number of hydrogen-bond donors (Lipinski definition) is 2. The van der Waals surface area contributed by atoms with E-state index in [0.717, 1.165) is 0 Å². The van der Waals surface area contributed by atoms with Crippen LogP contribution in [0.25, 0.3) is 0 Å². The van der Waals surface area contributed by atoms with Gasteiger partial charge in [-0.05, 0) is 26.0 Å². The molecule has 1 rings (SSSR count). The Morgan fingerprint density at radius 1 is 1.56 bits per heavy atom. The number of nitrogens with one attached hydrogen (secondary N) is 1. The highest BCUT2D eigenvalue weighted by Gasteiger charge is 2.17. The molecular weight excluding hydrogens is 239 g/mol. The number of carbonyl (C=O) groups is 1. The van der Waals surface area contributed by atoms with Crippen molar-refractivity contribution in [3.8, 4) is 0 Å². The van der Waals surface area contributed by atoms with Gasteiger partial charge in [0.15, 0.2) is 5.69 Å². The van der Waals surface area contributed by atoms with E-state index in [1.54, 1.807) is 19.9 Å². The fourth-order valence-corrected chi connectivity index (χ4v) is 1.45. The van der Waals surface area contributed by atoms with Gasteiger partial charge in [0.05, 0.1) is 19.4 Å². The van der Waals surface area contributed by atoms with Crippen LogP contribution in [0.3, 0.4) is 0 Å². The highest BCUT2D eigenvalue weighted by atomic mass is 19.1. The molecule has 0 saturated heterocycles. The summed E-state index contributed by atoms with van der Waals surface area (Å²) in [6, 6.07) is 3.67. The zero-order valence-electron chi connectivity index (χ0n) is 10.7. The molecule has 1 aromatic rings. The lowest BCUT2D eigenvalue weighted by Crippen LogP contribution is -2.76. The summed E-state index contributed by atoms with van der Waals surface area (Å²) in [4.78, 5) is 16.3. The molecule has 6 heteroatoms. The van der Waals surface area contributed by atoms with E-state index in [0.29, 0.717) is 18.0 Å². The highest BCUT2D eigenvalue weighted by molar-refractivity contribution is 5.80. The van der Waals surface area contributed by atoms with Crippen LogP contribution < -0.4 is 10.8 Å². The highest BCUT2D eigenvalue weighted by Crippen LogP contribution is 2.19. The zero-order chi connectivity index (χ0) is 13.5. The van der Waals surface area contributed by atoms with E-state index in [1.807, 2.05) is 0 Å². The standard InChI is InChI=1S/C12H17FN2O3/c1-4-18-12(16)8(2)14-10-6-5-9(13)7-11(10)15-17-3/h5-8,14-15H,4H2,1-3H3/p+1. The van der Waals surface area contributed by atoms with Crippen molar-refractivity contribution in [2.45, 2.75) is 19.9 Å². The number of rotatable bonds is 6. The third kappa shape index (κ3) is 3.97. The predicted molar refractivity (Wildman–Crippen MR) is 64.7 cm³/mol. The fraction of sp³-hybridized carbons (Fsp3) is 0.417. The van der Waals surface area contributed by atoms with Crippen LogP contribution in [0, 0.1) is 5.82 Å². The summed E-state index contributed by atoms with van der Waals surface area (Å²) in [6.07, 6.45) is 0.